The number of carbonyl (C=O) groups excluding carboxylic acids is 1. The Morgan fingerprint density at radius 2 is 1.90 bits per heavy atom. The number of hydrogen-bond donors (Lipinski definition) is 1. The molecule has 0 aliphatic carbocycles. The van der Waals surface area contributed by atoms with Gasteiger partial charge in [0, 0.05) is 11.6 Å². The molecule has 0 spiro atoms. The van der Waals surface area contributed by atoms with Gasteiger partial charge in [-0.2, -0.15) is 0 Å². The topological polar surface area (TPSA) is 59.4 Å². The van der Waals surface area contributed by atoms with Crippen molar-refractivity contribution in [3.05, 3.63) is 60.3 Å². The number of esters is 1. The zero-order valence-corrected chi connectivity index (χ0v) is 11.4. The Morgan fingerprint density at radius 3 is 2.67 bits per heavy atom. The summed E-state index contributed by atoms with van der Waals surface area (Å²) in [5.74, 6) is -0.170. The van der Waals surface area contributed by atoms with Gasteiger partial charge in [0.1, 0.15) is 5.75 Å². The fourth-order valence-electron chi connectivity index (χ4n) is 2.30. The van der Waals surface area contributed by atoms with Crippen LogP contribution < -0.4 is 0 Å². The van der Waals surface area contributed by atoms with Crippen molar-refractivity contribution in [3.8, 4) is 16.9 Å². The lowest BCUT2D eigenvalue weighted by Crippen LogP contribution is -2.02. The predicted octanol–water partition coefficient (Wildman–Crippen LogP) is 3.39. The van der Waals surface area contributed by atoms with Gasteiger partial charge in [-0.15, -0.1) is 0 Å². The van der Waals surface area contributed by atoms with Gasteiger partial charge in [-0.05, 0) is 35.4 Å². The first-order chi connectivity index (χ1) is 10.2. The summed E-state index contributed by atoms with van der Waals surface area (Å²) >= 11 is 0. The summed E-state index contributed by atoms with van der Waals surface area (Å²) in [5, 5.41) is 10.3. The second kappa shape index (κ2) is 5.25. The van der Waals surface area contributed by atoms with E-state index in [9.17, 15) is 9.90 Å². The molecule has 0 radical (unpaired) electrons. The molecule has 4 nitrogen and oxygen atoms in total. The molecule has 0 saturated heterocycles. The van der Waals surface area contributed by atoms with Crippen LogP contribution in [0.15, 0.2) is 54.7 Å². The molecule has 3 aromatic rings. The zero-order chi connectivity index (χ0) is 14.8. The van der Waals surface area contributed by atoms with Gasteiger partial charge in [0.05, 0.1) is 18.2 Å². The van der Waals surface area contributed by atoms with Gasteiger partial charge in [-0.1, -0.05) is 24.3 Å². The standard InChI is InChI=1S/C17H13NO3/c1-21-17(20)15-7-8-18-16-10-12(5-6-14(15)16)11-3-2-4-13(19)9-11/h2-10,19H,1H3. The Hall–Kier alpha value is -2.88. The minimum Gasteiger partial charge on any atom is -0.508 e. The van der Waals surface area contributed by atoms with Crippen molar-refractivity contribution in [3.63, 3.8) is 0 Å². The quantitative estimate of drug-likeness (QED) is 0.730. The van der Waals surface area contributed by atoms with Gasteiger partial charge in [-0.25, -0.2) is 4.79 Å². The van der Waals surface area contributed by atoms with E-state index >= 15 is 0 Å². The van der Waals surface area contributed by atoms with Crippen molar-refractivity contribution in [2.45, 2.75) is 0 Å². The molecule has 0 fully saturated rings. The van der Waals surface area contributed by atoms with E-state index in [0.29, 0.717) is 11.1 Å². The van der Waals surface area contributed by atoms with Gasteiger partial charge in [0.15, 0.2) is 0 Å². The number of fused-ring (bicyclic) bond motifs is 1. The normalized spacial score (nSPS) is 10.5. The van der Waals surface area contributed by atoms with Crippen LogP contribution in [0.4, 0.5) is 0 Å². The molecule has 0 unspecified atom stereocenters. The number of methoxy groups -OCH3 is 1. The maximum absolute atomic E-state index is 11.7. The number of nitrogens with zero attached hydrogens (tertiary/aromatic N) is 1. The Morgan fingerprint density at radius 1 is 1.10 bits per heavy atom. The van der Waals surface area contributed by atoms with Crippen LogP contribution >= 0.6 is 0 Å². The first-order valence-electron chi connectivity index (χ1n) is 6.45. The van der Waals surface area contributed by atoms with E-state index in [4.69, 9.17) is 4.74 Å². The number of phenolic OH excluding ortho intramolecular Hbond substituents is 1. The van der Waals surface area contributed by atoms with Crippen molar-refractivity contribution in [2.24, 2.45) is 0 Å². The van der Waals surface area contributed by atoms with Crippen molar-refractivity contribution in [2.75, 3.05) is 7.11 Å². The number of carbonyl (C=O) groups is 1. The Labute approximate surface area is 121 Å². The van der Waals surface area contributed by atoms with E-state index in [1.165, 1.54) is 7.11 Å². The molecule has 3 rings (SSSR count). The van der Waals surface area contributed by atoms with Gasteiger partial charge in [-0.3, -0.25) is 4.98 Å². The molecule has 104 valence electrons. The average molecular weight is 279 g/mol. The zero-order valence-electron chi connectivity index (χ0n) is 11.4. The Bertz CT molecular complexity index is 827. The number of ether oxygens (including phenoxy) is 1. The first-order valence-corrected chi connectivity index (χ1v) is 6.45. The van der Waals surface area contributed by atoms with Crippen LogP contribution in [0, 0.1) is 0 Å². The van der Waals surface area contributed by atoms with E-state index < -0.39 is 0 Å². The van der Waals surface area contributed by atoms with Gasteiger partial charge in [0.2, 0.25) is 0 Å². The van der Waals surface area contributed by atoms with E-state index in [2.05, 4.69) is 4.98 Å². The minimum absolute atomic E-state index is 0.212. The number of pyridine rings is 1. The molecule has 0 amide bonds. The molecule has 1 N–H and O–H groups in total. The van der Waals surface area contributed by atoms with Gasteiger partial charge < -0.3 is 9.84 Å². The lowest BCUT2D eigenvalue weighted by atomic mass is 10.0. The monoisotopic (exact) mass is 279 g/mol. The average Bonchev–Trinajstić information content (AvgIpc) is 2.53. The molecule has 0 aliphatic rings. The molecule has 0 aliphatic heterocycles. The largest absolute Gasteiger partial charge is 0.508 e. The predicted molar refractivity (Wildman–Crippen MR) is 80.2 cm³/mol. The van der Waals surface area contributed by atoms with Gasteiger partial charge >= 0.3 is 5.97 Å². The summed E-state index contributed by atoms with van der Waals surface area (Å²) in [6.45, 7) is 0. The lowest BCUT2D eigenvalue weighted by molar-refractivity contribution is 0.0603. The van der Waals surface area contributed by atoms with Crippen LogP contribution in [0.3, 0.4) is 0 Å². The third-order valence-corrected chi connectivity index (χ3v) is 3.33. The van der Waals surface area contributed by atoms with Crippen LogP contribution in [0.25, 0.3) is 22.0 Å². The third kappa shape index (κ3) is 2.43. The van der Waals surface area contributed by atoms with Crippen LogP contribution in [0.2, 0.25) is 0 Å². The smallest absolute Gasteiger partial charge is 0.338 e. The van der Waals surface area contributed by atoms with Crippen LogP contribution in [-0.2, 0) is 4.74 Å². The fraction of sp³-hybridized carbons (Fsp3) is 0.0588. The van der Waals surface area contributed by atoms with E-state index in [1.54, 1.807) is 30.5 Å². The summed E-state index contributed by atoms with van der Waals surface area (Å²) in [4.78, 5) is 16.0. The first kappa shape index (κ1) is 13.1. The number of rotatable bonds is 2. The highest BCUT2D eigenvalue weighted by atomic mass is 16.5. The highest BCUT2D eigenvalue weighted by Crippen LogP contribution is 2.27. The minimum atomic E-state index is -0.382. The molecule has 4 heteroatoms. The number of aromatic hydroxyl groups is 1. The Kier molecular flexibility index (Phi) is 3.28. The van der Waals surface area contributed by atoms with Crippen LogP contribution in [-0.4, -0.2) is 23.2 Å². The maximum Gasteiger partial charge on any atom is 0.338 e. The molecule has 2 aromatic carbocycles. The summed E-state index contributed by atoms with van der Waals surface area (Å²) in [7, 11) is 1.36. The Balaban J connectivity index is 2.16. The fourth-order valence-corrected chi connectivity index (χ4v) is 2.30. The number of aromatic nitrogens is 1. The molecule has 1 aromatic heterocycles. The summed E-state index contributed by atoms with van der Waals surface area (Å²) in [6, 6.07) is 14.3. The molecule has 0 bridgehead atoms. The van der Waals surface area contributed by atoms with Crippen molar-refractivity contribution in [1.29, 1.82) is 0 Å². The van der Waals surface area contributed by atoms with Crippen LogP contribution in [0.1, 0.15) is 10.4 Å². The SMILES string of the molecule is COC(=O)c1ccnc2cc(-c3cccc(O)c3)ccc12. The van der Waals surface area contributed by atoms with E-state index in [-0.39, 0.29) is 11.7 Å². The highest BCUT2D eigenvalue weighted by molar-refractivity contribution is 6.04. The van der Waals surface area contributed by atoms with E-state index in [1.807, 2.05) is 24.3 Å². The summed E-state index contributed by atoms with van der Waals surface area (Å²) < 4.78 is 4.78. The second-order valence-corrected chi connectivity index (χ2v) is 4.63. The molecule has 0 saturated carbocycles. The lowest BCUT2D eigenvalue weighted by Gasteiger charge is -2.07. The molecule has 0 atom stereocenters. The maximum atomic E-state index is 11.7. The van der Waals surface area contributed by atoms with Gasteiger partial charge in [0.25, 0.3) is 0 Å². The highest BCUT2D eigenvalue weighted by Gasteiger charge is 2.11. The van der Waals surface area contributed by atoms with Crippen molar-refractivity contribution >= 4 is 16.9 Å². The summed E-state index contributed by atoms with van der Waals surface area (Å²) in [5.41, 5.74) is 3.01. The number of hydrogen-bond acceptors (Lipinski definition) is 4. The number of phenols is 1. The number of benzene rings is 2. The molecule has 21 heavy (non-hydrogen) atoms. The second-order valence-electron chi connectivity index (χ2n) is 4.63. The van der Waals surface area contributed by atoms with Crippen molar-refractivity contribution in [1.82, 2.24) is 4.98 Å². The summed E-state index contributed by atoms with van der Waals surface area (Å²) in [6.07, 6.45) is 1.58. The van der Waals surface area contributed by atoms with Crippen LogP contribution in [0.5, 0.6) is 5.75 Å². The molecular formula is C17H13NO3. The molecule has 1 heterocycles. The third-order valence-electron chi connectivity index (χ3n) is 3.33. The van der Waals surface area contributed by atoms with E-state index in [0.717, 1.165) is 16.5 Å². The van der Waals surface area contributed by atoms with Crippen molar-refractivity contribution < 1.29 is 14.6 Å². The molecular weight excluding hydrogens is 266 g/mol.